The van der Waals surface area contributed by atoms with Crippen LogP contribution in [0.15, 0.2) is 72.9 Å². The van der Waals surface area contributed by atoms with Crippen LogP contribution in [0.1, 0.15) is 323 Å². The van der Waals surface area contributed by atoms with E-state index in [0.29, 0.717) is 17.4 Å². The Bertz CT molecular complexity index is 1630. The van der Waals surface area contributed by atoms with Crippen LogP contribution in [0.25, 0.3) is 0 Å². The maximum atomic E-state index is 13.6. The zero-order chi connectivity index (χ0) is 60.0. The summed E-state index contributed by atoms with van der Waals surface area (Å²) in [5.74, 6) is -0.511. The predicted molar refractivity (Wildman–Crippen MR) is 355 cm³/mol. The number of carbonyl (C=O) groups is 2. The van der Waals surface area contributed by atoms with E-state index in [4.69, 9.17) is 13.8 Å². The van der Waals surface area contributed by atoms with Gasteiger partial charge in [0.1, 0.15) is 19.3 Å². The molecule has 9 nitrogen and oxygen atoms in total. The number of nitrogens with one attached hydrogen (secondary N) is 1. The standard InChI is InChI=1S/C72H133N2O7P/c1-7-10-13-16-19-22-25-28-30-32-34-35-36-37-38-39-41-42-44-46-49-52-55-58-61-64-71(75)73-69(68-80-82(77,78)79-67-66-74(4,5)6)70(63-60-57-54-51-48-27-24-21-18-15-12-9-3)81-72(76)65-62-59-56-53-50-47-45-43-40-33-31-29-26-23-20-17-14-11-8-2/h19-20,22-23,28-31,40,43,60,63,69-70H,7-18,21,24-27,32-39,41-42,44-59,61-62,64-68H2,1-6H3,(H-,73,75,77,78)/p+1/b22-19-,23-20-,30-28-,31-29-,43-40-,63-60-. The maximum absolute atomic E-state index is 13.6. The fourth-order valence-electron chi connectivity index (χ4n) is 9.98. The Morgan fingerprint density at radius 2 is 0.744 bits per heavy atom. The Labute approximate surface area is 508 Å². The second kappa shape index (κ2) is 61.5. The zero-order valence-corrected chi connectivity index (χ0v) is 55.6. The smallest absolute Gasteiger partial charge is 0.456 e. The van der Waals surface area contributed by atoms with E-state index in [9.17, 15) is 19.0 Å². The molecule has 3 unspecified atom stereocenters. The molecule has 0 rings (SSSR count). The van der Waals surface area contributed by atoms with Crippen LogP contribution >= 0.6 is 7.82 Å². The molecular weight excluding hydrogens is 1040 g/mol. The lowest BCUT2D eigenvalue weighted by Crippen LogP contribution is -2.47. The Hall–Kier alpha value is -2.55. The van der Waals surface area contributed by atoms with Crippen LogP contribution in [-0.4, -0.2) is 74.3 Å². The average molecular weight is 1170 g/mol. The number of likely N-dealkylation sites (N-methyl/N-ethyl adjacent to an activating group) is 1. The minimum Gasteiger partial charge on any atom is -0.456 e. The lowest BCUT2D eigenvalue weighted by molar-refractivity contribution is -0.870. The third-order valence-corrected chi connectivity index (χ3v) is 16.4. The Balaban J connectivity index is 5.09. The number of phosphoric ester groups is 1. The molecule has 3 atom stereocenters. The number of hydrogen-bond acceptors (Lipinski definition) is 6. The van der Waals surface area contributed by atoms with Crippen molar-refractivity contribution < 1.29 is 37.3 Å². The van der Waals surface area contributed by atoms with Crippen LogP contribution in [0, 0.1) is 0 Å². The number of unbranched alkanes of at least 4 members (excludes halogenated alkanes) is 37. The first-order valence-electron chi connectivity index (χ1n) is 34.8. The molecule has 0 heterocycles. The Morgan fingerprint density at radius 1 is 0.427 bits per heavy atom. The minimum atomic E-state index is -4.46. The van der Waals surface area contributed by atoms with Gasteiger partial charge in [0.15, 0.2) is 0 Å². The molecule has 0 radical (unpaired) electrons. The van der Waals surface area contributed by atoms with Gasteiger partial charge in [0.05, 0.1) is 33.8 Å². The molecule has 82 heavy (non-hydrogen) atoms. The molecule has 2 N–H and O–H groups in total. The normalized spacial score (nSPS) is 14.0. The number of hydrogen-bond donors (Lipinski definition) is 2. The van der Waals surface area contributed by atoms with Crippen molar-refractivity contribution in [3.05, 3.63) is 72.9 Å². The van der Waals surface area contributed by atoms with Crippen molar-refractivity contribution in [1.29, 1.82) is 0 Å². The van der Waals surface area contributed by atoms with Gasteiger partial charge in [0.2, 0.25) is 5.91 Å². The van der Waals surface area contributed by atoms with E-state index >= 15 is 0 Å². The number of phosphoric acid groups is 1. The third kappa shape index (κ3) is 62.0. The fraction of sp³-hybridized carbons (Fsp3) is 0.806. The highest BCUT2D eigenvalue weighted by Gasteiger charge is 2.30. The Morgan fingerprint density at radius 3 is 1.13 bits per heavy atom. The molecule has 0 aliphatic carbocycles. The summed E-state index contributed by atoms with van der Waals surface area (Å²) >= 11 is 0. The fourth-order valence-corrected chi connectivity index (χ4v) is 10.7. The number of quaternary nitrogens is 1. The number of amides is 1. The van der Waals surface area contributed by atoms with Crippen molar-refractivity contribution in [2.75, 3.05) is 40.9 Å². The molecule has 0 saturated carbocycles. The van der Waals surface area contributed by atoms with Crippen LogP contribution < -0.4 is 5.32 Å². The summed E-state index contributed by atoms with van der Waals surface area (Å²) in [6.45, 7) is 6.98. The average Bonchev–Trinajstić information content (AvgIpc) is 3.44. The van der Waals surface area contributed by atoms with Gasteiger partial charge in [0, 0.05) is 12.8 Å². The molecule has 478 valence electrons. The van der Waals surface area contributed by atoms with E-state index in [1.807, 2.05) is 33.3 Å². The van der Waals surface area contributed by atoms with Gasteiger partial charge in [-0.05, 0) is 102 Å². The molecule has 0 saturated heterocycles. The lowest BCUT2D eigenvalue weighted by Gasteiger charge is -2.27. The van der Waals surface area contributed by atoms with E-state index in [0.717, 1.165) is 89.9 Å². The topological polar surface area (TPSA) is 111 Å². The molecule has 0 bridgehead atoms. The summed E-state index contributed by atoms with van der Waals surface area (Å²) < 4.78 is 30.8. The first kappa shape index (κ1) is 79.5. The van der Waals surface area contributed by atoms with Crippen molar-refractivity contribution in [3.63, 3.8) is 0 Å². The molecule has 0 aromatic carbocycles. The summed E-state index contributed by atoms with van der Waals surface area (Å²) in [7, 11) is 1.49. The number of esters is 1. The molecule has 0 aromatic rings. The molecule has 1 amide bonds. The van der Waals surface area contributed by atoms with Crippen LogP contribution in [0.3, 0.4) is 0 Å². The Kier molecular flexibility index (Phi) is 59.6. The second-order valence-electron chi connectivity index (χ2n) is 24.7. The molecule has 0 aromatic heterocycles. The number of allylic oxidation sites excluding steroid dienone is 11. The summed E-state index contributed by atoms with van der Waals surface area (Å²) in [5.41, 5.74) is 0. The number of rotatable bonds is 63. The largest absolute Gasteiger partial charge is 0.472 e. The van der Waals surface area contributed by atoms with E-state index in [2.05, 4.69) is 86.8 Å². The monoisotopic (exact) mass is 1170 g/mol. The number of ether oxygens (including phenoxy) is 1. The van der Waals surface area contributed by atoms with Gasteiger partial charge in [-0.15, -0.1) is 0 Å². The molecule has 10 heteroatoms. The highest BCUT2D eigenvalue weighted by Crippen LogP contribution is 2.43. The quantitative estimate of drug-likeness (QED) is 0.0205. The van der Waals surface area contributed by atoms with Crippen molar-refractivity contribution in [2.24, 2.45) is 0 Å². The molecule has 0 spiro atoms. The third-order valence-electron chi connectivity index (χ3n) is 15.4. The van der Waals surface area contributed by atoms with Gasteiger partial charge in [-0.2, -0.15) is 0 Å². The van der Waals surface area contributed by atoms with E-state index in [-0.39, 0.29) is 31.5 Å². The van der Waals surface area contributed by atoms with Crippen molar-refractivity contribution in [3.8, 4) is 0 Å². The highest BCUT2D eigenvalue weighted by atomic mass is 31.2. The van der Waals surface area contributed by atoms with Crippen LogP contribution in [0.2, 0.25) is 0 Å². The maximum Gasteiger partial charge on any atom is 0.472 e. The van der Waals surface area contributed by atoms with Gasteiger partial charge < -0.3 is 19.4 Å². The minimum absolute atomic E-state index is 0.0368. The van der Waals surface area contributed by atoms with Crippen LogP contribution in [-0.2, 0) is 27.9 Å². The lowest BCUT2D eigenvalue weighted by atomic mass is 10.0. The summed E-state index contributed by atoms with van der Waals surface area (Å²) in [5, 5.41) is 3.07. The predicted octanol–water partition coefficient (Wildman–Crippen LogP) is 22.0. The van der Waals surface area contributed by atoms with Gasteiger partial charge in [0.25, 0.3) is 0 Å². The van der Waals surface area contributed by atoms with E-state index in [1.165, 1.54) is 199 Å². The van der Waals surface area contributed by atoms with E-state index in [1.54, 1.807) is 0 Å². The van der Waals surface area contributed by atoms with Crippen LogP contribution in [0.4, 0.5) is 0 Å². The van der Waals surface area contributed by atoms with Crippen molar-refractivity contribution in [1.82, 2.24) is 5.32 Å². The second-order valence-corrected chi connectivity index (χ2v) is 26.1. The van der Waals surface area contributed by atoms with Gasteiger partial charge >= 0.3 is 13.8 Å². The number of carbonyl (C=O) groups excluding carboxylic acids is 2. The highest BCUT2D eigenvalue weighted by molar-refractivity contribution is 7.47. The van der Waals surface area contributed by atoms with Gasteiger partial charge in [-0.25, -0.2) is 4.57 Å². The summed E-state index contributed by atoms with van der Waals surface area (Å²) in [6.07, 6.45) is 80.5. The SMILES string of the molecule is CCCCC/C=C\C/C=C\C/C=C\CCCCCCCCC(=O)OC(/C=C\CCCCCCCCCCCC)C(COP(=O)(O)OCC[N+](C)(C)C)NC(=O)CCCCCCCCCCCCCCCCC/C=C\C/C=C\CCCCC. The first-order chi connectivity index (χ1) is 39.9. The molecular formula is C72H134N2O7P+. The number of nitrogens with zero attached hydrogens (tertiary/aromatic N) is 1. The molecule has 0 fully saturated rings. The van der Waals surface area contributed by atoms with Crippen molar-refractivity contribution >= 4 is 19.7 Å². The molecule has 0 aliphatic rings. The van der Waals surface area contributed by atoms with Crippen molar-refractivity contribution in [2.45, 2.75) is 335 Å². The summed E-state index contributed by atoms with van der Waals surface area (Å²) in [6, 6.07) is -0.856. The van der Waals surface area contributed by atoms with Gasteiger partial charge in [-0.3, -0.25) is 18.6 Å². The van der Waals surface area contributed by atoms with E-state index < -0.39 is 20.0 Å². The van der Waals surface area contributed by atoms with Crippen LogP contribution in [0.5, 0.6) is 0 Å². The molecule has 0 aliphatic heterocycles. The summed E-state index contributed by atoms with van der Waals surface area (Å²) in [4.78, 5) is 37.9. The first-order valence-corrected chi connectivity index (χ1v) is 36.3. The van der Waals surface area contributed by atoms with Gasteiger partial charge in [-0.1, -0.05) is 280 Å². The zero-order valence-electron chi connectivity index (χ0n) is 54.7.